The Labute approximate surface area is 140 Å². The van der Waals surface area contributed by atoms with Crippen molar-refractivity contribution < 1.29 is 14.7 Å². The fourth-order valence-electron chi connectivity index (χ4n) is 1.72. The van der Waals surface area contributed by atoms with E-state index in [9.17, 15) is 9.59 Å². The quantitative estimate of drug-likeness (QED) is 0.464. The lowest BCUT2D eigenvalue weighted by atomic mass is 10.1. The molecule has 20 heavy (non-hydrogen) atoms. The van der Waals surface area contributed by atoms with Gasteiger partial charge in [-0.3, -0.25) is 9.59 Å². The van der Waals surface area contributed by atoms with Crippen molar-refractivity contribution in [2.45, 2.75) is 32.1 Å². The van der Waals surface area contributed by atoms with Gasteiger partial charge in [0.1, 0.15) is 0 Å². The van der Waals surface area contributed by atoms with E-state index in [0.29, 0.717) is 18.5 Å². The molecule has 1 rings (SSSR count). The number of carboxylic acid groups (broad SMARTS) is 1. The number of aliphatic carboxylic acids is 1. The van der Waals surface area contributed by atoms with Gasteiger partial charge in [0.25, 0.3) is 5.91 Å². The van der Waals surface area contributed by atoms with Crippen LogP contribution < -0.4 is 5.32 Å². The first-order valence-electron chi connectivity index (χ1n) is 6.45. The van der Waals surface area contributed by atoms with Gasteiger partial charge in [-0.1, -0.05) is 12.8 Å². The third kappa shape index (κ3) is 6.69. The number of carbonyl (C=O) groups excluding carboxylic acids is 1. The van der Waals surface area contributed by atoms with E-state index in [4.69, 9.17) is 5.11 Å². The van der Waals surface area contributed by atoms with Crippen molar-refractivity contribution in [1.29, 1.82) is 0 Å². The summed E-state index contributed by atoms with van der Waals surface area (Å²) in [7, 11) is 0. The molecule has 0 aromatic heterocycles. The molecule has 0 atom stereocenters. The van der Waals surface area contributed by atoms with E-state index >= 15 is 0 Å². The Kier molecular flexibility index (Phi) is 8.13. The number of unbranched alkanes of at least 4 members (excludes halogenated alkanes) is 3. The lowest BCUT2D eigenvalue weighted by Crippen LogP contribution is -2.24. The van der Waals surface area contributed by atoms with Gasteiger partial charge < -0.3 is 10.4 Å². The third-order valence-corrected chi connectivity index (χ3v) is 4.14. The van der Waals surface area contributed by atoms with Crippen LogP contribution >= 0.6 is 38.5 Å². The Morgan fingerprint density at radius 3 is 2.60 bits per heavy atom. The van der Waals surface area contributed by atoms with Gasteiger partial charge in [-0.15, -0.1) is 0 Å². The van der Waals surface area contributed by atoms with E-state index < -0.39 is 5.97 Å². The largest absolute Gasteiger partial charge is 0.481 e. The van der Waals surface area contributed by atoms with Crippen LogP contribution in [0.2, 0.25) is 0 Å². The molecule has 0 aliphatic heterocycles. The molecule has 0 spiro atoms. The zero-order valence-corrected chi connectivity index (χ0v) is 14.7. The Balaban J connectivity index is 2.23. The van der Waals surface area contributed by atoms with E-state index in [1.165, 1.54) is 0 Å². The molecule has 0 unspecified atom stereocenters. The van der Waals surface area contributed by atoms with Crippen LogP contribution in [0, 0.1) is 3.57 Å². The zero-order chi connectivity index (χ0) is 15.0. The third-order valence-electron chi connectivity index (χ3n) is 2.78. The van der Waals surface area contributed by atoms with Gasteiger partial charge >= 0.3 is 5.97 Å². The number of hydrogen-bond donors (Lipinski definition) is 2. The maximum Gasteiger partial charge on any atom is 0.303 e. The van der Waals surface area contributed by atoms with Crippen LogP contribution in [0.15, 0.2) is 22.7 Å². The number of nitrogens with one attached hydrogen (secondary N) is 1. The Bertz CT molecular complexity index is 479. The maximum atomic E-state index is 12.0. The fourth-order valence-corrected chi connectivity index (χ4v) is 2.64. The number of halogens is 2. The smallest absolute Gasteiger partial charge is 0.303 e. The van der Waals surface area contributed by atoms with Crippen molar-refractivity contribution in [1.82, 2.24) is 5.32 Å². The molecule has 0 fully saturated rings. The van der Waals surface area contributed by atoms with Crippen LogP contribution in [0.5, 0.6) is 0 Å². The number of carboxylic acids is 1. The first kappa shape index (κ1) is 17.4. The molecule has 0 saturated heterocycles. The van der Waals surface area contributed by atoms with Crippen molar-refractivity contribution in [2.75, 3.05) is 6.54 Å². The summed E-state index contributed by atoms with van der Waals surface area (Å²) in [6.07, 6.45) is 3.61. The second-order valence-electron chi connectivity index (χ2n) is 4.44. The Hall–Kier alpha value is -0.630. The lowest BCUT2D eigenvalue weighted by molar-refractivity contribution is -0.137. The minimum absolute atomic E-state index is 0.0825. The summed E-state index contributed by atoms with van der Waals surface area (Å²) in [6.45, 7) is 0.615. The number of amides is 1. The van der Waals surface area contributed by atoms with Gasteiger partial charge in [0.2, 0.25) is 0 Å². The molecule has 0 aliphatic rings. The molecule has 1 aromatic rings. The predicted octanol–water partition coefficient (Wildman–Crippen LogP) is 3.82. The lowest BCUT2D eigenvalue weighted by Gasteiger charge is -2.07. The Morgan fingerprint density at radius 1 is 1.20 bits per heavy atom. The molecule has 6 heteroatoms. The highest BCUT2D eigenvalue weighted by Gasteiger charge is 2.09. The Morgan fingerprint density at radius 2 is 1.90 bits per heavy atom. The summed E-state index contributed by atoms with van der Waals surface area (Å²) < 4.78 is 1.81. The summed E-state index contributed by atoms with van der Waals surface area (Å²) in [5.74, 6) is -0.831. The molecule has 110 valence electrons. The molecule has 0 heterocycles. The van der Waals surface area contributed by atoms with Crippen molar-refractivity contribution >= 4 is 50.4 Å². The van der Waals surface area contributed by atoms with Gasteiger partial charge in [-0.2, -0.15) is 0 Å². The summed E-state index contributed by atoms with van der Waals surface area (Å²) >= 11 is 5.54. The predicted molar refractivity (Wildman–Crippen MR) is 89.9 cm³/mol. The van der Waals surface area contributed by atoms with E-state index in [1.54, 1.807) is 0 Å². The second kappa shape index (κ2) is 9.33. The molecule has 0 radical (unpaired) electrons. The monoisotopic (exact) mass is 453 g/mol. The van der Waals surface area contributed by atoms with E-state index in [-0.39, 0.29) is 12.3 Å². The number of carbonyl (C=O) groups is 2. The van der Waals surface area contributed by atoms with Crippen LogP contribution in [-0.4, -0.2) is 23.5 Å². The zero-order valence-electron chi connectivity index (χ0n) is 11.0. The SMILES string of the molecule is O=C(O)CCCCCCNC(=O)c1cc(I)ccc1Br. The van der Waals surface area contributed by atoms with E-state index in [0.717, 1.165) is 27.3 Å². The second-order valence-corrected chi connectivity index (χ2v) is 6.54. The first-order valence-corrected chi connectivity index (χ1v) is 8.33. The van der Waals surface area contributed by atoms with Gasteiger partial charge in [-0.05, 0) is 69.6 Å². The minimum Gasteiger partial charge on any atom is -0.481 e. The fraction of sp³-hybridized carbons (Fsp3) is 0.429. The topological polar surface area (TPSA) is 66.4 Å². The number of benzene rings is 1. The molecule has 4 nitrogen and oxygen atoms in total. The van der Waals surface area contributed by atoms with E-state index in [2.05, 4.69) is 43.8 Å². The van der Waals surface area contributed by atoms with Crippen LogP contribution in [-0.2, 0) is 4.79 Å². The highest BCUT2D eigenvalue weighted by atomic mass is 127. The standard InChI is InChI=1S/C14H17BrINO3/c15-12-7-6-10(16)9-11(12)14(20)17-8-4-2-1-3-5-13(18)19/h6-7,9H,1-5,8H2,(H,17,20)(H,18,19). The van der Waals surface area contributed by atoms with Crippen molar-refractivity contribution in [2.24, 2.45) is 0 Å². The van der Waals surface area contributed by atoms with Crippen LogP contribution in [0.4, 0.5) is 0 Å². The average Bonchev–Trinajstić information content (AvgIpc) is 2.39. The number of hydrogen-bond acceptors (Lipinski definition) is 2. The van der Waals surface area contributed by atoms with Crippen molar-refractivity contribution in [3.63, 3.8) is 0 Å². The molecule has 1 amide bonds. The minimum atomic E-state index is -0.748. The van der Waals surface area contributed by atoms with Crippen LogP contribution in [0.25, 0.3) is 0 Å². The molecule has 0 aliphatic carbocycles. The molecule has 2 N–H and O–H groups in total. The summed E-state index contributed by atoms with van der Waals surface area (Å²) in [5, 5.41) is 11.4. The molecular weight excluding hydrogens is 437 g/mol. The van der Waals surface area contributed by atoms with Gasteiger partial charge in [-0.25, -0.2) is 0 Å². The van der Waals surface area contributed by atoms with Crippen LogP contribution in [0.1, 0.15) is 42.5 Å². The average molecular weight is 454 g/mol. The van der Waals surface area contributed by atoms with Crippen LogP contribution in [0.3, 0.4) is 0 Å². The highest BCUT2D eigenvalue weighted by Crippen LogP contribution is 2.19. The summed E-state index contributed by atoms with van der Waals surface area (Å²) in [4.78, 5) is 22.3. The van der Waals surface area contributed by atoms with E-state index in [1.807, 2.05) is 18.2 Å². The molecule has 1 aromatic carbocycles. The normalized spacial score (nSPS) is 10.3. The maximum absolute atomic E-state index is 12.0. The van der Waals surface area contributed by atoms with Gasteiger partial charge in [0.05, 0.1) is 5.56 Å². The van der Waals surface area contributed by atoms with Crippen molar-refractivity contribution in [3.05, 3.63) is 31.8 Å². The summed E-state index contributed by atoms with van der Waals surface area (Å²) in [5.41, 5.74) is 0.641. The molecule has 0 bridgehead atoms. The molecule has 0 saturated carbocycles. The van der Waals surface area contributed by atoms with Crippen molar-refractivity contribution in [3.8, 4) is 0 Å². The first-order chi connectivity index (χ1) is 9.50. The van der Waals surface area contributed by atoms with Gasteiger partial charge in [0, 0.05) is 21.0 Å². The highest BCUT2D eigenvalue weighted by molar-refractivity contribution is 14.1. The number of rotatable bonds is 8. The molecular formula is C14H17BrINO3. The van der Waals surface area contributed by atoms with Gasteiger partial charge in [0.15, 0.2) is 0 Å². The summed E-state index contributed by atoms with van der Waals surface area (Å²) in [6, 6.07) is 5.64.